The van der Waals surface area contributed by atoms with Crippen molar-refractivity contribution >= 4 is 17.4 Å². The van der Waals surface area contributed by atoms with Gasteiger partial charge in [-0.25, -0.2) is 18.9 Å². The van der Waals surface area contributed by atoms with E-state index < -0.39 is 5.82 Å². The van der Waals surface area contributed by atoms with Gasteiger partial charge in [0.05, 0.1) is 24.5 Å². The van der Waals surface area contributed by atoms with Crippen LogP contribution in [0.2, 0.25) is 0 Å². The van der Waals surface area contributed by atoms with E-state index in [1.165, 1.54) is 18.5 Å². The summed E-state index contributed by atoms with van der Waals surface area (Å²) in [6.45, 7) is 0.768. The summed E-state index contributed by atoms with van der Waals surface area (Å²) in [5.74, 6) is 1.22. The van der Waals surface area contributed by atoms with E-state index in [-0.39, 0.29) is 18.0 Å². The van der Waals surface area contributed by atoms with Gasteiger partial charge in [-0.3, -0.25) is 4.79 Å². The zero-order valence-corrected chi connectivity index (χ0v) is 15.4. The number of pyridine rings is 1. The summed E-state index contributed by atoms with van der Waals surface area (Å²) in [5, 5.41) is 7.20. The lowest BCUT2D eigenvalue weighted by Crippen LogP contribution is -2.39. The Labute approximate surface area is 165 Å². The molecule has 1 unspecified atom stereocenters. The van der Waals surface area contributed by atoms with Crippen LogP contribution in [-0.2, 0) is 0 Å². The van der Waals surface area contributed by atoms with Crippen molar-refractivity contribution < 1.29 is 13.9 Å². The van der Waals surface area contributed by atoms with Gasteiger partial charge >= 0.3 is 0 Å². The fraction of sp³-hybridized carbons (Fsp3) is 0.300. The number of amides is 1. The average molecular weight is 392 g/mol. The quantitative estimate of drug-likeness (QED) is 0.632. The van der Waals surface area contributed by atoms with Crippen LogP contribution in [0.25, 0.3) is 5.65 Å². The van der Waals surface area contributed by atoms with Gasteiger partial charge < -0.3 is 15.0 Å². The molecule has 1 saturated heterocycles. The molecule has 3 aromatic heterocycles. The van der Waals surface area contributed by atoms with Crippen LogP contribution in [0.5, 0.6) is 5.88 Å². The number of aromatic nitrogens is 4. The third-order valence-electron chi connectivity index (χ3n) is 5.70. The highest BCUT2D eigenvalue weighted by atomic mass is 19.1. The fourth-order valence-corrected chi connectivity index (χ4v) is 4.26. The van der Waals surface area contributed by atoms with Crippen molar-refractivity contribution in [2.75, 3.05) is 11.4 Å². The first-order chi connectivity index (χ1) is 14.2. The van der Waals surface area contributed by atoms with Gasteiger partial charge in [-0.15, -0.1) is 0 Å². The van der Waals surface area contributed by atoms with Gasteiger partial charge in [-0.1, -0.05) is 0 Å². The summed E-state index contributed by atoms with van der Waals surface area (Å²) in [4.78, 5) is 23.8. The summed E-state index contributed by atoms with van der Waals surface area (Å²) >= 11 is 0. The normalized spacial score (nSPS) is 22.9. The molecule has 0 spiro atoms. The van der Waals surface area contributed by atoms with Gasteiger partial charge in [0, 0.05) is 24.7 Å². The van der Waals surface area contributed by atoms with E-state index in [1.54, 1.807) is 10.7 Å². The molecule has 4 aliphatic rings. The number of carbonyl (C=O) groups is 1. The highest BCUT2D eigenvalue weighted by Crippen LogP contribution is 2.40. The van der Waals surface area contributed by atoms with Crippen molar-refractivity contribution in [3.8, 4) is 5.88 Å². The molecule has 146 valence electrons. The van der Waals surface area contributed by atoms with E-state index in [0.717, 1.165) is 19.4 Å². The molecule has 9 heteroatoms. The number of nitrogens with zero attached hydrogens (tertiary/aromatic N) is 5. The lowest BCUT2D eigenvalue weighted by molar-refractivity contribution is 0.0939. The number of nitrogens with one attached hydrogen (secondary N) is 1. The molecule has 4 bridgehead atoms. The van der Waals surface area contributed by atoms with Gasteiger partial charge in [0.15, 0.2) is 5.65 Å². The van der Waals surface area contributed by atoms with Crippen LogP contribution >= 0.6 is 0 Å². The smallest absolute Gasteiger partial charge is 0.257 e. The van der Waals surface area contributed by atoms with Crippen LogP contribution < -0.4 is 15.0 Å². The monoisotopic (exact) mass is 392 g/mol. The van der Waals surface area contributed by atoms with Crippen molar-refractivity contribution in [1.82, 2.24) is 24.9 Å². The maximum absolute atomic E-state index is 14.1. The Morgan fingerprint density at radius 2 is 2.21 bits per heavy atom. The van der Waals surface area contributed by atoms with Gasteiger partial charge in [-0.05, 0) is 31.1 Å². The summed E-state index contributed by atoms with van der Waals surface area (Å²) in [6, 6.07) is 3.12. The Kier molecular flexibility index (Phi) is 3.41. The first kappa shape index (κ1) is 16.5. The first-order valence-electron chi connectivity index (χ1n) is 9.61. The molecule has 29 heavy (non-hydrogen) atoms. The molecule has 3 aliphatic heterocycles. The fourth-order valence-electron chi connectivity index (χ4n) is 4.26. The Morgan fingerprint density at radius 1 is 1.31 bits per heavy atom. The number of carbonyl (C=O) groups excluding carboxylic acids is 1. The first-order valence-corrected chi connectivity index (χ1v) is 9.61. The lowest BCUT2D eigenvalue weighted by Gasteiger charge is -2.30. The van der Waals surface area contributed by atoms with Gasteiger partial charge in [0.1, 0.15) is 23.0 Å². The lowest BCUT2D eigenvalue weighted by atomic mass is 10.0. The van der Waals surface area contributed by atoms with Gasteiger partial charge in [0.25, 0.3) is 5.91 Å². The third-order valence-corrected chi connectivity index (χ3v) is 5.70. The van der Waals surface area contributed by atoms with Crippen LogP contribution in [-0.4, -0.2) is 38.1 Å². The molecule has 6 heterocycles. The molecule has 0 radical (unpaired) electrons. The van der Waals surface area contributed by atoms with E-state index >= 15 is 0 Å². The molecule has 2 atom stereocenters. The van der Waals surface area contributed by atoms with Crippen LogP contribution in [0.15, 0.2) is 42.6 Å². The summed E-state index contributed by atoms with van der Waals surface area (Å²) in [7, 11) is 0. The molecule has 3 aromatic rings. The topological polar surface area (TPSA) is 84.7 Å². The molecular weight excluding hydrogens is 375 g/mol. The molecule has 1 aliphatic carbocycles. The van der Waals surface area contributed by atoms with Crippen molar-refractivity contribution in [3.63, 3.8) is 0 Å². The molecule has 1 N–H and O–H groups in total. The van der Waals surface area contributed by atoms with Crippen molar-refractivity contribution in [2.45, 2.75) is 31.3 Å². The van der Waals surface area contributed by atoms with E-state index in [4.69, 9.17) is 9.72 Å². The van der Waals surface area contributed by atoms with Crippen LogP contribution in [0, 0.1) is 5.82 Å². The molecule has 8 nitrogen and oxygen atoms in total. The Hall–Kier alpha value is -3.49. The van der Waals surface area contributed by atoms with E-state index in [0.29, 0.717) is 40.7 Å². The minimum Gasteiger partial charge on any atom is -0.443 e. The Balaban J connectivity index is 1.54. The van der Waals surface area contributed by atoms with E-state index in [9.17, 15) is 9.18 Å². The Morgan fingerprint density at radius 3 is 3.10 bits per heavy atom. The van der Waals surface area contributed by atoms with Crippen molar-refractivity contribution in [2.24, 2.45) is 0 Å². The van der Waals surface area contributed by atoms with E-state index in [1.807, 2.05) is 12.1 Å². The minimum atomic E-state index is -0.394. The molecule has 1 fully saturated rings. The number of rotatable bonds is 0. The highest BCUT2D eigenvalue weighted by molar-refractivity contribution is 6.00. The maximum Gasteiger partial charge on any atom is 0.257 e. The summed E-state index contributed by atoms with van der Waals surface area (Å²) < 4.78 is 21.6. The van der Waals surface area contributed by atoms with Crippen LogP contribution in [0.4, 0.5) is 10.2 Å². The second kappa shape index (κ2) is 6.00. The standard InChI is InChI=1S/C20H17FN6O2/c21-11-6-14-16-2-1-4-26(16)17-3-5-27-18(25-17)15(10-23-27)19(28)24-12-7-13(8-12)29-20(14)22-9-11/h3,5-7,9-10,12,16H,1-2,4,8H2,(H,24,28)/t12-,16?/m0/s1. The molecule has 1 amide bonds. The van der Waals surface area contributed by atoms with Gasteiger partial charge in [0.2, 0.25) is 5.88 Å². The Bertz CT molecular complexity index is 1190. The molecule has 7 rings (SSSR count). The largest absolute Gasteiger partial charge is 0.443 e. The minimum absolute atomic E-state index is 0.109. The molecular formula is C20H17FN6O2. The van der Waals surface area contributed by atoms with Crippen molar-refractivity contribution in [3.05, 3.63) is 59.5 Å². The predicted molar refractivity (Wildman–Crippen MR) is 101 cm³/mol. The number of fused-ring (bicyclic) bond motifs is 1. The zero-order chi connectivity index (χ0) is 19.5. The van der Waals surface area contributed by atoms with E-state index in [2.05, 4.69) is 20.3 Å². The summed E-state index contributed by atoms with van der Waals surface area (Å²) in [5.41, 5.74) is 1.64. The number of ether oxygens (including phenoxy) is 1. The van der Waals surface area contributed by atoms with Crippen LogP contribution in [0.1, 0.15) is 41.2 Å². The number of hydrogen-bond donors (Lipinski definition) is 1. The maximum atomic E-state index is 14.1. The number of halogens is 1. The average Bonchev–Trinajstić information content (AvgIpc) is 3.33. The second-order valence-corrected chi connectivity index (χ2v) is 7.53. The highest BCUT2D eigenvalue weighted by Gasteiger charge is 2.33. The third kappa shape index (κ3) is 2.57. The van der Waals surface area contributed by atoms with Gasteiger partial charge in [-0.2, -0.15) is 5.10 Å². The zero-order valence-electron chi connectivity index (χ0n) is 15.4. The number of hydrogen-bond acceptors (Lipinski definition) is 6. The number of anilines is 1. The summed E-state index contributed by atoms with van der Waals surface area (Å²) in [6.07, 6.45) is 8.66. The molecule has 0 saturated carbocycles. The SMILES string of the molecule is O=C1N[C@H]2C=C(C2)Oc2ncc(F)cc2C2CCCN2c2ccn3ncc1c3n2. The second-order valence-electron chi connectivity index (χ2n) is 7.53. The molecule has 0 aromatic carbocycles. The van der Waals surface area contributed by atoms with Crippen LogP contribution in [0.3, 0.4) is 0 Å². The van der Waals surface area contributed by atoms with Crippen molar-refractivity contribution in [1.29, 1.82) is 0 Å². The predicted octanol–water partition coefficient (Wildman–Crippen LogP) is 2.38.